The van der Waals surface area contributed by atoms with Crippen molar-refractivity contribution < 1.29 is 8.42 Å². The van der Waals surface area contributed by atoms with Gasteiger partial charge in [0.05, 0.1) is 5.69 Å². The number of nitrogens with zero attached hydrogens (tertiary/aromatic N) is 1. The molecule has 0 amide bonds. The van der Waals surface area contributed by atoms with E-state index in [0.717, 1.165) is 5.69 Å². The van der Waals surface area contributed by atoms with Gasteiger partial charge in [0.15, 0.2) is 0 Å². The van der Waals surface area contributed by atoms with Crippen LogP contribution in [-0.4, -0.2) is 22.0 Å². The second-order valence-corrected chi connectivity index (χ2v) is 6.37. The Balaban J connectivity index is 2.63. The molecule has 2 aromatic rings. The number of nitrogens with one attached hydrogen (secondary N) is 1. The molecule has 0 fully saturated rings. The highest BCUT2D eigenvalue weighted by Crippen LogP contribution is 2.32. The molecule has 0 bridgehead atoms. The molecule has 0 radical (unpaired) electrons. The number of para-hydroxylation sites is 1. The van der Waals surface area contributed by atoms with Gasteiger partial charge in [0.2, 0.25) is 10.0 Å². The minimum absolute atomic E-state index is 0.177. The predicted octanol–water partition coefficient (Wildman–Crippen LogP) is 2.33. The molecular formula is C15H19N3O2S. The molecule has 21 heavy (non-hydrogen) atoms. The van der Waals surface area contributed by atoms with Crippen molar-refractivity contribution in [3.63, 3.8) is 0 Å². The standard InChI is InChI=1S/C15H19N3O2S/c1-3-18(13-7-5-4-6-8-13)14-10-9-12(16)11-15(14)21(19,20)17-2/h4-11,17H,3,16H2,1-2H3. The Morgan fingerprint density at radius 1 is 1.14 bits per heavy atom. The molecule has 0 aromatic heterocycles. The first kappa shape index (κ1) is 15.3. The topological polar surface area (TPSA) is 75.4 Å². The maximum atomic E-state index is 12.2. The van der Waals surface area contributed by atoms with Gasteiger partial charge >= 0.3 is 0 Å². The zero-order valence-electron chi connectivity index (χ0n) is 12.1. The highest BCUT2D eigenvalue weighted by Gasteiger charge is 2.21. The van der Waals surface area contributed by atoms with Crippen LogP contribution < -0.4 is 15.4 Å². The number of nitrogens with two attached hydrogens (primary N) is 1. The van der Waals surface area contributed by atoms with Crippen molar-refractivity contribution in [3.05, 3.63) is 48.5 Å². The number of sulfonamides is 1. The van der Waals surface area contributed by atoms with E-state index in [-0.39, 0.29) is 4.90 Å². The second-order valence-electron chi connectivity index (χ2n) is 4.51. The van der Waals surface area contributed by atoms with Crippen molar-refractivity contribution >= 4 is 27.1 Å². The largest absolute Gasteiger partial charge is 0.399 e. The number of hydrogen-bond donors (Lipinski definition) is 2. The molecule has 0 aliphatic heterocycles. The van der Waals surface area contributed by atoms with Crippen molar-refractivity contribution in [1.29, 1.82) is 0 Å². The third-order valence-corrected chi connectivity index (χ3v) is 4.66. The molecule has 112 valence electrons. The summed E-state index contributed by atoms with van der Waals surface area (Å²) in [4.78, 5) is 2.11. The quantitative estimate of drug-likeness (QED) is 0.831. The third-order valence-electron chi connectivity index (χ3n) is 3.22. The average molecular weight is 305 g/mol. The van der Waals surface area contributed by atoms with Crippen molar-refractivity contribution in [2.24, 2.45) is 0 Å². The van der Waals surface area contributed by atoms with E-state index in [4.69, 9.17) is 5.73 Å². The molecule has 3 N–H and O–H groups in total. The van der Waals surface area contributed by atoms with Crippen LogP contribution in [-0.2, 0) is 10.0 Å². The lowest BCUT2D eigenvalue weighted by atomic mass is 10.2. The normalized spacial score (nSPS) is 11.3. The lowest BCUT2D eigenvalue weighted by Crippen LogP contribution is -2.24. The van der Waals surface area contributed by atoms with Gasteiger partial charge in [-0.2, -0.15) is 0 Å². The summed E-state index contributed by atoms with van der Waals surface area (Å²) in [6, 6.07) is 14.6. The Morgan fingerprint density at radius 2 is 1.81 bits per heavy atom. The summed E-state index contributed by atoms with van der Waals surface area (Å²) >= 11 is 0. The van der Waals surface area contributed by atoms with Gasteiger partial charge < -0.3 is 10.6 Å². The summed E-state index contributed by atoms with van der Waals surface area (Å²) in [7, 11) is -2.20. The molecule has 6 heteroatoms. The molecule has 2 aromatic carbocycles. The van der Waals surface area contributed by atoms with Crippen LogP contribution in [0.5, 0.6) is 0 Å². The molecule has 0 aliphatic rings. The smallest absolute Gasteiger partial charge is 0.242 e. The van der Waals surface area contributed by atoms with Gasteiger partial charge in [-0.05, 0) is 44.3 Å². The van der Waals surface area contributed by atoms with Crippen LogP contribution in [0, 0.1) is 0 Å². The van der Waals surface area contributed by atoms with E-state index in [1.807, 2.05) is 42.2 Å². The van der Waals surface area contributed by atoms with Crippen LogP contribution in [0.4, 0.5) is 17.1 Å². The maximum absolute atomic E-state index is 12.2. The second kappa shape index (κ2) is 6.15. The van der Waals surface area contributed by atoms with E-state index < -0.39 is 10.0 Å². The van der Waals surface area contributed by atoms with Crippen LogP contribution in [0.1, 0.15) is 6.92 Å². The number of benzene rings is 2. The maximum Gasteiger partial charge on any atom is 0.242 e. The molecule has 0 spiro atoms. The minimum atomic E-state index is -3.59. The molecule has 0 saturated heterocycles. The lowest BCUT2D eigenvalue weighted by molar-refractivity contribution is 0.588. The van der Waals surface area contributed by atoms with Crippen LogP contribution in [0.3, 0.4) is 0 Å². The third kappa shape index (κ3) is 3.17. The average Bonchev–Trinajstić information content (AvgIpc) is 2.50. The van der Waals surface area contributed by atoms with Crippen molar-refractivity contribution in [2.75, 3.05) is 24.2 Å². The minimum Gasteiger partial charge on any atom is -0.399 e. The zero-order chi connectivity index (χ0) is 15.5. The van der Waals surface area contributed by atoms with E-state index in [9.17, 15) is 8.42 Å². The summed E-state index contributed by atoms with van der Waals surface area (Å²) in [5.74, 6) is 0. The first-order valence-corrected chi connectivity index (χ1v) is 8.13. The fraction of sp³-hybridized carbons (Fsp3) is 0.200. The van der Waals surface area contributed by atoms with Crippen LogP contribution >= 0.6 is 0 Å². The Hall–Kier alpha value is -2.05. The molecule has 0 atom stereocenters. The summed E-state index contributed by atoms with van der Waals surface area (Å²) in [6.07, 6.45) is 0. The fourth-order valence-electron chi connectivity index (χ4n) is 2.18. The lowest BCUT2D eigenvalue weighted by Gasteiger charge is -2.25. The van der Waals surface area contributed by atoms with Crippen molar-refractivity contribution in [2.45, 2.75) is 11.8 Å². The Labute approximate surface area is 125 Å². The number of anilines is 3. The highest BCUT2D eigenvalue weighted by molar-refractivity contribution is 7.89. The van der Waals surface area contributed by atoms with E-state index in [2.05, 4.69) is 4.72 Å². The van der Waals surface area contributed by atoms with Crippen molar-refractivity contribution in [3.8, 4) is 0 Å². The van der Waals surface area contributed by atoms with Gasteiger partial charge in [0, 0.05) is 17.9 Å². The summed E-state index contributed by atoms with van der Waals surface area (Å²) in [6.45, 7) is 2.61. The Bertz CT molecular complexity index is 715. The van der Waals surface area contributed by atoms with E-state index in [1.165, 1.54) is 13.1 Å². The zero-order valence-corrected chi connectivity index (χ0v) is 12.9. The van der Waals surface area contributed by atoms with Crippen LogP contribution in [0.25, 0.3) is 0 Å². The molecule has 0 aliphatic carbocycles. The van der Waals surface area contributed by atoms with Gasteiger partial charge in [-0.3, -0.25) is 0 Å². The number of nitrogen functional groups attached to an aromatic ring is 1. The monoisotopic (exact) mass is 305 g/mol. The van der Waals surface area contributed by atoms with Crippen LogP contribution in [0.2, 0.25) is 0 Å². The molecule has 0 heterocycles. The predicted molar refractivity (Wildman–Crippen MR) is 86.2 cm³/mol. The summed E-state index contributed by atoms with van der Waals surface area (Å²) in [5.41, 5.74) is 7.69. The van der Waals surface area contributed by atoms with Crippen molar-refractivity contribution in [1.82, 2.24) is 4.72 Å². The highest BCUT2D eigenvalue weighted by atomic mass is 32.2. The van der Waals surface area contributed by atoms with Gasteiger partial charge in [-0.25, -0.2) is 13.1 Å². The fourth-order valence-corrected chi connectivity index (χ4v) is 3.14. The van der Waals surface area contributed by atoms with Gasteiger partial charge in [-0.1, -0.05) is 18.2 Å². The van der Waals surface area contributed by atoms with E-state index in [0.29, 0.717) is 17.9 Å². The SMILES string of the molecule is CCN(c1ccccc1)c1ccc(N)cc1S(=O)(=O)NC. The first-order valence-electron chi connectivity index (χ1n) is 6.65. The molecule has 5 nitrogen and oxygen atoms in total. The molecule has 2 rings (SSSR count). The number of rotatable bonds is 5. The first-order chi connectivity index (χ1) is 9.99. The van der Waals surface area contributed by atoms with Crippen LogP contribution in [0.15, 0.2) is 53.4 Å². The van der Waals surface area contributed by atoms with Gasteiger partial charge in [-0.15, -0.1) is 0 Å². The Morgan fingerprint density at radius 3 is 2.38 bits per heavy atom. The Kier molecular flexibility index (Phi) is 4.50. The van der Waals surface area contributed by atoms with Gasteiger partial charge in [0.25, 0.3) is 0 Å². The summed E-state index contributed by atoms with van der Waals surface area (Å²) in [5, 5.41) is 0. The van der Waals surface area contributed by atoms with E-state index >= 15 is 0 Å². The molecular weight excluding hydrogens is 286 g/mol. The van der Waals surface area contributed by atoms with E-state index in [1.54, 1.807) is 12.1 Å². The number of hydrogen-bond acceptors (Lipinski definition) is 4. The molecule has 0 saturated carbocycles. The summed E-state index contributed by atoms with van der Waals surface area (Å²) < 4.78 is 26.8. The van der Waals surface area contributed by atoms with Gasteiger partial charge in [0.1, 0.15) is 4.90 Å². The molecule has 0 unspecified atom stereocenters.